The zero-order chi connectivity index (χ0) is 24.1. The van der Waals surface area contributed by atoms with Gasteiger partial charge in [-0.05, 0) is 35.9 Å². The summed E-state index contributed by atoms with van der Waals surface area (Å²) >= 11 is 7.11. The second kappa shape index (κ2) is 8.58. The molecule has 0 radical (unpaired) electrons. The van der Waals surface area contributed by atoms with E-state index in [0.717, 1.165) is 11.3 Å². The Labute approximate surface area is 210 Å². The Morgan fingerprint density at radius 3 is 2.80 bits per heavy atom. The molecule has 1 saturated heterocycles. The number of hydrogen-bond donors (Lipinski definition) is 1. The summed E-state index contributed by atoms with van der Waals surface area (Å²) in [6.45, 7) is 0.539. The van der Waals surface area contributed by atoms with E-state index in [4.69, 9.17) is 21.1 Å². The number of carbonyl (C=O) groups excluding carboxylic acids is 3. The number of amides is 3. The first kappa shape index (κ1) is 21.9. The number of carbonyl (C=O) groups is 3. The highest BCUT2D eigenvalue weighted by atomic mass is 35.5. The Kier molecular flexibility index (Phi) is 5.38. The zero-order valence-corrected chi connectivity index (χ0v) is 20.0. The minimum Gasteiger partial charge on any atom is -0.491 e. The van der Waals surface area contributed by atoms with Gasteiger partial charge in [0, 0.05) is 12.5 Å². The van der Waals surface area contributed by atoms with Gasteiger partial charge in [0.15, 0.2) is 0 Å². The Morgan fingerprint density at radius 2 is 1.97 bits per heavy atom. The highest BCUT2D eigenvalue weighted by molar-refractivity contribution is 7.18. The number of nitrogens with zero attached hydrogens (tertiary/aromatic N) is 2. The third-order valence-corrected chi connectivity index (χ3v) is 7.66. The van der Waals surface area contributed by atoms with Crippen LogP contribution < -0.4 is 19.9 Å². The second-order valence-corrected chi connectivity index (χ2v) is 10.2. The lowest BCUT2D eigenvalue weighted by Gasteiger charge is -2.23. The molecule has 6 rings (SSSR count). The Bertz CT molecular complexity index is 1360. The molecule has 0 aliphatic carbocycles. The number of cyclic esters (lactones) is 1. The van der Waals surface area contributed by atoms with Crippen molar-refractivity contribution in [2.45, 2.75) is 25.0 Å². The number of thiophene rings is 1. The molecular weight excluding hydrogens is 490 g/mol. The number of rotatable bonds is 4. The lowest BCUT2D eigenvalue weighted by molar-refractivity contribution is -0.116. The molecule has 0 unspecified atom stereocenters. The van der Waals surface area contributed by atoms with Gasteiger partial charge in [-0.25, -0.2) is 4.79 Å². The Morgan fingerprint density at radius 1 is 1.11 bits per heavy atom. The molecule has 2 atom stereocenters. The summed E-state index contributed by atoms with van der Waals surface area (Å²) in [6.07, 6.45) is -0.134. The number of para-hydroxylation sites is 1. The minimum absolute atomic E-state index is 0.0129. The van der Waals surface area contributed by atoms with Gasteiger partial charge in [0.25, 0.3) is 5.91 Å². The van der Waals surface area contributed by atoms with Crippen molar-refractivity contribution in [2.24, 2.45) is 0 Å². The molecule has 0 saturated carbocycles. The first-order valence-corrected chi connectivity index (χ1v) is 12.4. The number of halogens is 1. The molecule has 4 heterocycles. The van der Waals surface area contributed by atoms with E-state index in [-0.39, 0.29) is 24.4 Å². The van der Waals surface area contributed by atoms with Crippen LogP contribution in [0.3, 0.4) is 0 Å². The zero-order valence-electron chi connectivity index (χ0n) is 18.4. The molecule has 35 heavy (non-hydrogen) atoms. The lowest BCUT2D eigenvalue weighted by atomic mass is 10.1. The molecule has 1 N–H and O–H groups in total. The summed E-state index contributed by atoms with van der Waals surface area (Å²) in [5.74, 6) is 0.236. The van der Waals surface area contributed by atoms with Crippen molar-refractivity contribution in [3.63, 3.8) is 0 Å². The minimum atomic E-state index is -0.525. The molecule has 10 heteroatoms. The van der Waals surface area contributed by atoms with Crippen molar-refractivity contribution < 1.29 is 23.9 Å². The van der Waals surface area contributed by atoms with Crippen LogP contribution in [0.5, 0.6) is 5.75 Å². The van der Waals surface area contributed by atoms with E-state index >= 15 is 0 Å². The number of anilines is 3. The van der Waals surface area contributed by atoms with Crippen LogP contribution in [0.15, 0.2) is 54.6 Å². The molecule has 1 fully saturated rings. The molecular formula is C25H20ClN3O5S. The van der Waals surface area contributed by atoms with Crippen LogP contribution in [0.1, 0.15) is 21.7 Å². The summed E-state index contributed by atoms with van der Waals surface area (Å²) < 4.78 is 12.2. The summed E-state index contributed by atoms with van der Waals surface area (Å²) in [5.41, 5.74) is 3.10. The van der Waals surface area contributed by atoms with Gasteiger partial charge in [-0.2, -0.15) is 0 Å². The molecule has 178 valence electrons. The monoisotopic (exact) mass is 509 g/mol. The van der Waals surface area contributed by atoms with Crippen molar-refractivity contribution in [2.75, 3.05) is 23.0 Å². The fraction of sp³-hybridized carbons (Fsp3) is 0.240. The van der Waals surface area contributed by atoms with E-state index in [2.05, 4.69) is 5.32 Å². The smallest absolute Gasteiger partial charge is 0.415 e. The van der Waals surface area contributed by atoms with Crippen LogP contribution in [0, 0.1) is 0 Å². The number of benzene rings is 2. The van der Waals surface area contributed by atoms with Gasteiger partial charge >= 0.3 is 6.09 Å². The summed E-state index contributed by atoms with van der Waals surface area (Å²) in [5, 5.41) is 2.84. The molecule has 0 spiro atoms. The van der Waals surface area contributed by atoms with Gasteiger partial charge in [0.2, 0.25) is 5.91 Å². The number of hydrogen-bond acceptors (Lipinski definition) is 6. The predicted molar refractivity (Wildman–Crippen MR) is 132 cm³/mol. The number of fused-ring (bicyclic) bond motifs is 4. The molecule has 3 aliphatic heterocycles. The summed E-state index contributed by atoms with van der Waals surface area (Å²) in [4.78, 5) is 41.8. The quantitative estimate of drug-likeness (QED) is 0.558. The normalized spacial score (nSPS) is 20.5. The molecule has 3 amide bonds. The second-order valence-electron chi connectivity index (χ2n) is 8.50. The maximum Gasteiger partial charge on any atom is 0.415 e. The van der Waals surface area contributed by atoms with E-state index in [9.17, 15) is 14.4 Å². The van der Waals surface area contributed by atoms with Gasteiger partial charge < -0.3 is 14.8 Å². The van der Waals surface area contributed by atoms with Crippen LogP contribution in [0.4, 0.5) is 21.9 Å². The number of ether oxygens (including phenoxy) is 2. The fourth-order valence-corrected chi connectivity index (χ4v) is 5.80. The third kappa shape index (κ3) is 3.81. The Hall–Kier alpha value is -3.56. The highest BCUT2D eigenvalue weighted by Crippen LogP contribution is 2.43. The maximum absolute atomic E-state index is 12.9. The molecule has 1 aromatic heterocycles. The number of nitrogens with one attached hydrogen (secondary N) is 1. The lowest BCUT2D eigenvalue weighted by Crippen LogP contribution is -2.42. The van der Waals surface area contributed by atoms with Crippen LogP contribution >= 0.6 is 22.9 Å². The van der Waals surface area contributed by atoms with Gasteiger partial charge in [0.05, 0.1) is 51.9 Å². The maximum atomic E-state index is 12.9. The van der Waals surface area contributed by atoms with E-state index in [1.54, 1.807) is 34.1 Å². The average Bonchev–Trinajstić information content (AvgIpc) is 3.47. The van der Waals surface area contributed by atoms with Crippen LogP contribution in [0.2, 0.25) is 4.34 Å². The van der Waals surface area contributed by atoms with Crippen LogP contribution in [0.25, 0.3) is 0 Å². The van der Waals surface area contributed by atoms with E-state index in [1.165, 1.54) is 11.3 Å². The van der Waals surface area contributed by atoms with Crippen molar-refractivity contribution in [3.8, 4) is 5.75 Å². The third-order valence-electron chi connectivity index (χ3n) is 6.43. The van der Waals surface area contributed by atoms with Gasteiger partial charge in [0.1, 0.15) is 11.9 Å². The molecule has 8 nitrogen and oxygen atoms in total. The Balaban J connectivity index is 1.24. The van der Waals surface area contributed by atoms with Crippen LogP contribution in [-0.4, -0.2) is 43.2 Å². The topological polar surface area (TPSA) is 88.2 Å². The van der Waals surface area contributed by atoms with Crippen LogP contribution in [-0.2, 0) is 16.0 Å². The van der Waals surface area contributed by atoms with Gasteiger partial charge in [-0.3, -0.25) is 19.4 Å². The molecule has 0 bridgehead atoms. The summed E-state index contributed by atoms with van der Waals surface area (Å²) in [7, 11) is 0. The van der Waals surface area contributed by atoms with Gasteiger partial charge in [-0.15, -0.1) is 11.3 Å². The van der Waals surface area contributed by atoms with Crippen molar-refractivity contribution in [1.82, 2.24) is 5.32 Å². The van der Waals surface area contributed by atoms with Crippen molar-refractivity contribution >= 4 is 57.9 Å². The SMILES string of the molecule is O=C(NC[C@@H]1OC(=O)N2c3ccc(N4C(=O)Cc5ccccc54)cc3OCC[C@@H]12)c1ccc(Cl)s1. The summed E-state index contributed by atoms with van der Waals surface area (Å²) in [6, 6.07) is 16.1. The van der Waals surface area contributed by atoms with Crippen molar-refractivity contribution in [1.29, 1.82) is 0 Å². The van der Waals surface area contributed by atoms with Crippen molar-refractivity contribution in [3.05, 3.63) is 69.4 Å². The van der Waals surface area contributed by atoms with E-state index < -0.39 is 12.2 Å². The fourth-order valence-electron chi connectivity index (χ4n) is 4.84. The van der Waals surface area contributed by atoms with E-state index in [1.807, 2.05) is 30.3 Å². The first-order valence-electron chi connectivity index (χ1n) is 11.2. The first-order chi connectivity index (χ1) is 17.0. The largest absolute Gasteiger partial charge is 0.491 e. The van der Waals surface area contributed by atoms with E-state index in [0.29, 0.717) is 45.8 Å². The molecule has 2 aromatic carbocycles. The van der Waals surface area contributed by atoms with Gasteiger partial charge in [-0.1, -0.05) is 29.8 Å². The standard InChI is InChI=1S/C25H20ClN3O5S/c26-22-8-7-21(35-22)24(31)27-13-20-18-9-10-33-19-12-15(5-6-17(19)29(18)25(32)34-20)28-16-4-2-1-3-14(16)11-23(28)30/h1-8,12,18,20H,9-11,13H2,(H,27,31)/t18-,20-/m0/s1. The molecule has 3 aromatic rings. The highest BCUT2D eigenvalue weighted by Gasteiger charge is 2.45. The predicted octanol–water partition coefficient (Wildman–Crippen LogP) is 4.53. The molecule has 3 aliphatic rings. The average molecular weight is 510 g/mol.